The van der Waals surface area contributed by atoms with Crippen LogP contribution in [0.15, 0.2) is 60.7 Å². The van der Waals surface area contributed by atoms with E-state index in [-0.39, 0.29) is 11.8 Å². The highest BCUT2D eigenvalue weighted by Gasteiger charge is 2.27. The van der Waals surface area contributed by atoms with Gasteiger partial charge in [-0.1, -0.05) is 24.3 Å². The number of carbonyl (C=O) groups excluding carboxylic acids is 1. The molecule has 1 fully saturated rings. The van der Waals surface area contributed by atoms with Crippen LogP contribution >= 0.6 is 0 Å². The van der Waals surface area contributed by atoms with Crippen molar-refractivity contribution in [2.24, 2.45) is 5.92 Å². The second-order valence-corrected chi connectivity index (χ2v) is 8.59. The Morgan fingerprint density at radius 2 is 1.79 bits per heavy atom. The Kier molecular flexibility index (Phi) is 7.23. The van der Waals surface area contributed by atoms with Crippen molar-refractivity contribution in [2.45, 2.75) is 33.6 Å². The van der Waals surface area contributed by atoms with Crippen LogP contribution in [0.4, 0.5) is 17.2 Å². The molecule has 1 unspecified atom stereocenters. The number of hydrogen-bond acceptors (Lipinski definition) is 5. The maximum Gasteiger partial charge on any atom is 0.229 e. The van der Waals surface area contributed by atoms with Gasteiger partial charge in [0, 0.05) is 43.1 Å². The van der Waals surface area contributed by atoms with Gasteiger partial charge in [0.05, 0.1) is 11.6 Å². The van der Waals surface area contributed by atoms with E-state index in [4.69, 9.17) is 0 Å². The number of rotatable bonds is 7. The lowest BCUT2D eigenvalue weighted by molar-refractivity contribution is -0.120. The average Bonchev–Trinajstić information content (AvgIpc) is 2.86. The minimum absolute atomic E-state index is 0.0692. The SMILES string of the molecule is CCN(CC)c1ccc(NC(=O)C2CCCN(c3ccc(-c4ccccc4C)nn3)C2)cc1. The first-order valence-electron chi connectivity index (χ1n) is 11.9. The molecule has 0 bridgehead atoms. The zero-order valence-corrected chi connectivity index (χ0v) is 19.8. The molecule has 1 aromatic heterocycles. The lowest BCUT2D eigenvalue weighted by Crippen LogP contribution is -2.41. The molecule has 0 aliphatic carbocycles. The monoisotopic (exact) mass is 443 g/mol. The molecule has 2 heterocycles. The van der Waals surface area contributed by atoms with Crippen molar-refractivity contribution in [1.82, 2.24) is 10.2 Å². The highest BCUT2D eigenvalue weighted by molar-refractivity contribution is 5.93. The van der Waals surface area contributed by atoms with Crippen LogP contribution in [-0.4, -0.2) is 42.3 Å². The molecule has 0 saturated carbocycles. The van der Waals surface area contributed by atoms with Gasteiger partial charge in [0.25, 0.3) is 0 Å². The normalized spacial score (nSPS) is 15.8. The van der Waals surface area contributed by atoms with Crippen molar-refractivity contribution in [3.63, 3.8) is 0 Å². The summed E-state index contributed by atoms with van der Waals surface area (Å²) < 4.78 is 0. The average molecular weight is 444 g/mol. The van der Waals surface area contributed by atoms with Crippen molar-refractivity contribution in [1.29, 1.82) is 0 Å². The van der Waals surface area contributed by atoms with Gasteiger partial charge in [0.15, 0.2) is 5.82 Å². The molecule has 2 aromatic carbocycles. The maximum atomic E-state index is 13.0. The van der Waals surface area contributed by atoms with Crippen LogP contribution in [0.25, 0.3) is 11.3 Å². The van der Waals surface area contributed by atoms with Crippen LogP contribution in [0.5, 0.6) is 0 Å². The smallest absolute Gasteiger partial charge is 0.229 e. The molecule has 0 spiro atoms. The van der Waals surface area contributed by atoms with Crippen molar-refractivity contribution in [3.05, 3.63) is 66.2 Å². The lowest BCUT2D eigenvalue weighted by Gasteiger charge is -2.32. The summed E-state index contributed by atoms with van der Waals surface area (Å²) in [7, 11) is 0. The minimum atomic E-state index is -0.0703. The molecule has 1 atom stereocenters. The number of nitrogens with one attached hydrogen (secondary N) is 1. The third kappa shape index (κ3) is 5.33. The number of aryl methyl sites for hydroxylation is 1. The molecule has 1 aliphatic heterocycles. The highest BCUT2D eigenvalue weighted by atomic mass is 16.1. The molecule has 1 amide bonds. The summed E-state index contributed by atoms with van der Waals surface area (Å²) in [5.41, 5.74) is 5.17. The Morgan fingerprint density at radius 3 is 2.45 bits per heavy atom. The summed E-state index contributed by atoms with van der Waals surface area (Å²) in [6, 6.07) is 20.3. The van der Waals surface area contributed by atoms with E-state index in [0.717, 1.165) is 55.2 Å². The number of carbonyl (C=O) groups is 1. The number of nitrogens with zero attached hydrogens (tertiary/aromatic N) is 4. The highest BCUT2D eigenvalue weighted by Crippen LogP contribution is 2.26. The van der Waals surface area contributed by atoms with Crippen LogP contribution in [0.1, 0.15) is 32.3 Å². The Hall–Kier alpha value is -3.41. The Bertz CT molecular complexity index is 1060. The molecule has 4 rings (SSSR count). The number of aromatic nitrogens is 2. The Morgan fingerprint density at radius 1 is 1.03 bits per heavy atom. The molecular weight excluding hydrogens is 410 g/mol. The summed E-state index contributed by atoms with van der Waals surface area (Å²) in [5.74, 6) is 0.826. The molecule has 0 radical (unpaired) electrons. The fourth-order valence-corrected chi connectivity index (χ4v) is 4.49. The Labute approximate surface area is 196 Å². The molecule has 6 heteroatoms. The Balaban J connectivity index is 1.39. The van der Waals surface area contributed by atoms with Crippen LogP contribution < -0.4 is 15.1 Å². The summed E-state index contributed by atoms with van der Waals surface area (Å²) >= 11 is 0. The van der Waals surface area contributed by atoms with E-state index in [1.54, 1.807) is 0 Å². The van der Waals surface area contributed by atoms with Gasteiger partial charge >= 0.3 is 0 Å². The zero-order valence-electron chi connectivity index (χ0n) is 19.8. The quantitative estimate of drug-likeness (QED) is 0.547. The van der Waals surface area contributed by atoms with Gasteiger partial charge < -0.3 is 15.1 Å². The molecular formula is C27H33N5O. The van der Waals surface area contributed by atoms with Gasteiger partial charge in [-0.2, -0.15) is 0 Å². The third-order valence-electron chi connectivity index (χ3n) is 6.45. The van der Waals surface area contributed by atoms with E-state index >= 15 is 0 Å². The maximum absolute atomic E-state index is 13.0. The van der Waals surface area contributed by atoms with Gasteiger partial charge in [0.1, 0.15) is 0 Å². The number of hydrogen-bond donors (Lipinski definition) is 1. The number of amides is 1. The van der Waals surface area contributed by atoms with E-state index in [0.29, 0.717) is 6.54 Å². The lowest BCUT2D eigenvalue weighted by atomic mass is 9.97. The van der Waals surface area contributed by atoms with E-state index in [1.165, 1.54) is 11.3 Å². The summed E-state index contributed by atoms with van der Waals surface area (Å²) in [5, 5.41) is 12.0. The minimum Gasteiger partial charge on any atom is -0.372 e. The fourth-order valence-electron chi connectivity index (χ4n) is 4.49. The second-order valence-electron chi connectivity index (χ2n) is 8.59. The molecule has 1 N–H and O–H groups in total. The number of piperidine rings is 1. The largest absolute Gasteiger partial charge is 0.372 e. The van der Waals surface area contributed by atoms with Gasteiger partial charge in [0.2, 0.25) is 5.91 Å². The first kappa shape index (κ1) is 22.8. The predicted molar refractivity (Wildman–Crippen MR) is 136 cm³/mol. The van der Waals surface area contributed by atoms with Crippen molar-refractivity contribution >= 4 is 23.1 Å². The van der Waals surface area contributed by atoms with Crippen molar-refractivity contribution < 1.29 is 4.79 Å². The van der Waals surface area contributed by atoms with E-state index in [2.05, 4.69) is 70.4 Å². The van der Waals surface area contributed by atoms with Crippen molar-refractivity contribution in [3.8, 4) is 11.3 Å². The van der Waals surface area contributed by atoms with Crippen LogP contribution in [-0.2, 0) is 4.79 Å². The molecule has 3 aromatic rings. The standard InChI is InChI=1S/C27H33N5O/c1-4-31(5-2)23-14-12-22(13-15-23)28-27(33)21-10-8-18-32(19-21)26-17-16-25(29-30-26)24-11-7-6-9-20(24)3/h6-7,9,11-17,21H,4-5,8,10,18-19H2,1-3H3,(H,28,33). The number of anilines is 3. The summed E-state index contributed by atoms with van der Waals surface area (Å²) in [6.07, 6.45) is 1.84. The van der Waals surface area contributed by atoms with E-state index < -0.39 is 0 Å². The molecule has 1 aliphatic rings. The van der Waals surface area contributed by atoms with E-state index in [1.807, 2.05) is 36.4 Å². The van der Waals surface area contributed by atoms with Gasteiger partial charge in [-0.05, 0) is 75.6 Å². The van der Waals surface area contributed by atoms with Crippen LogP contribution in [0.3, 0.4) is 0 Å². The molecule has 1 saturated heterocycles. The summed E-state index contributed by atoms with van der Waals surface area (Å²) in [4.78, 5) is 17.4. The summed E-state index contributed by atoms with van der Waals surface area (Å²) in [6.45, 7) is 9.85. The molecule has 172 valence electrons. The number of benzene rings is 2. The first-order valence-corrected chi connectivity index (χ1v) is 11.9. The van der Waals surface area contributed by atoms with Gasteiger partial charge in [-0.15, -0.1) is 10.2 Å². The first-order chi connectivity index (χ1) is 16.1. The van der Waals surface area contributed by atoms with E-state index in [9.17, 15) is 4.79 Å². The third-order valence-corrected chi connectivity index (χ3v) is 6.45. The van der Waals surface area contributed by atoms with Crippen LogP contribution in [0, 0.1) is 12.8 Å². The molecule has 6 nitrogen and oxygen atoms in total. The van der Waals surface area contributed by atoms with Gasteiger partial charge in [-0.3, -0.25) is 4.79 Å². The topological polar surface area (TPSA) is 61.4 Å². The molecule has 33 heavy (non-hydrogen) atoms. The second kappa shape index (κ2) is 10.5. The van der Waals surface area contributed by atoms with Gasteiger partial charge in [-0.25, -0.2) is 0 Å². The zero-order chi connectivity index (χ0) is 23.2. The fraction of sp³-hybridized carbons (Fsp3) is 0.370. The predicted octanol–water partition coefficient (Wildman–Crippen LogP) is 5.15. The van der Waals surface area contributed by atoms with Crippen LogP contribution in [0.2, 0.25) is 0 Å². The van der Waals surface area contributed by atoms with Crippen molar-refractivity contribution in [2.75, 3.05) is 41.3 Å².